The number of pyridine rings is 1. The standard InChI is InChI=1S/C28H34N8O2/c1-3-10-35-11-13-36(14-12-35)19-23-7-6-20(17-31-23)21-15-22-18-32-27(34-28(37)38-4-2)33-25(22)24(16-21)26-29-8-5-9-30-26/h5-9,15-17H,3-4,10-14,18-19H2,1-2H3,(H2,32,33,34,37). The monoisotopic (exact) mass is 514 g/mol. The normalized spacial score (nSPS) is 15.8. The molecule has 10 nitrogen and oxygen atoms in total. The third kappa shape index (κ3) is 6.15. The predicted molar refractivity (Wildman–Crippen MR) is 148 cm³/mol. The molecule has 1 amide bonds. The fourth-order valence-corrected chi connectivity index (χ4v) is 4.82. The van der Waals surface area contributed by atoms with Crippen LogP contribution < -0.4 is 10.6 Å². The number of rotatable bonds is 7. The molecule has 0 unspecified atom stereocenters. The van der Waals surface area contributed by atoms with Gasteiger partial charge in [0.1, 0.15) is 0 Å². The van der Waals surface area contributed by atoms with Gasteiger partial charge in [-0.25, -0.2) is 19.8 Å². The van der Waals surface area contributed by atoms with Crippen molar-refractivity contribution < 1.29 is 9.53 Å². The third-order valence-corrected chi connectivity index (χ3v) is 6.72. The summed E-state index contributed by atoms with van der Waals surface area (Å²) in [5.74, 6) is 0.921. The molecule has 1 saturated heterocycles. The number of alkyl carbamates (subject to hydrolysis) is 1. The van der Waals surface area contributed by atoms with E-state index in [9.17, 15) is 4.79 Å². The van der Waals surface area contributed by atoms with Gasteiger partial charge in [-0.2, -0.15) is 0 Å². The highest BCUT2D eigenvalue weighted by molar-refractivity contribution is 6.06. The molecular formula is C28H34N8O2. The maximum absolute atomic E-state index is 11.9. The SMILES string of the molecule is CCCN1CCN(Cc2ccc(-c3cc4c(c(-c5ncccn5)c3)NC(NC(=O)OCC)=NC4)cn2)CC1. The molecule has 3 aromatic rings. The highest BCUT2D eigenvalue weighted by atomic mass is 16.5. The molecule has 198 valence electrons. The highest BCUT2D eigenvalue weighted by Crippen LogP contribution is 2.36. The first-order chi connectivity index (χ1) is 18.6. The first-order valence-electron chi connectivity index (χ1n) is 13.2. The fraction of sp³-hybridized carbons (Fsp3) is 0.393. The average molecular weight is 515 g/mol. The number of fused-ring (bicyclic) bond motifs is 1. The molecule has 1 aromatic carbocycles. The van der Waals surface area contributed by atoms with Gasteiger partial charge in [-0.05, 0) is 55.3 Å². The minimum absolute atomic E-state index is 0.282. The number of aromatic nitrogens is 3. The van der Waals surface area contributed by atoms with Crippen LogP contribution in [0.15, 0.2) is 53.9 Å². The number of hydrogen-bond donors (Lipinski definition) is 2. The van der Waals surface area contributed by atoms with E-state index in [-0.39, 0.29) is 6.61 Å². The first kappa shape index (κ1) is 25.7. The molecule has 4 heterocycles. The number of aliphatic imine (C=N–C) groups is 1. The number of piperazine rings is 1. The molecule has 1 fully saturated rings. The second kappa shape index (κ2) is 12.1. The van der Waals surface area contributed by atoms with Gasteiger partial charge in [0, 0.05) is 62.4 Å². The van der Waals surface area contributed by atoms with E-state index in [0.29, 0.717) is 18.3 Å². The van der Waals surface area contributed by atoms with Gasteiger partial charge in [-0.3, -0.25) is 15.2 Å². The van der Waals surface area contributed by atoms with Gasteiger partial charge < -0.3 is 15.0 Å². The lowest BCUT2D eigenvalue weighted by Crippen LogP contribution is -2.46. The Labute approximate surface area is 223 Å². The Hall–Kier alpha value is -3.89. The number of amides is 1. The first-order valence-corrected chi connectivity index (χ1v) is 13.2. The number of hydrogen-bond acceptors (Lipinski definition) is 9. The molecule has 0 atom stereocenters. The summed E-state index contributed by atoms with van der Waals surface area (Å²) in [5.41, 5.74) is 5.72. The third-order valence-electron chi connectivity index (χ3n) is 6.72. The topological polar surface area (TPSA) is 108 Å². The van der Waals surface area contributed by atoms with Gasteiger partial charge in [-0.15, -0.1) is 0 Å². The lowest BCUT2D eigenvalue weighted by molar-refractivity contribution is 0.126. The molecule has 2 aliphatic heterocycles. The summed E-state index contributed by atoms with van der Waals surface area (Å²) < 4.78 is 4.99. The number of nitrogens with one attached hydrogen (secondary N) is 2. The molecule has 5 rings (SSSR count). The van der Waals surface area contributed by atoms with Crippen molar-refractivity contribution in [2.45, 2.75) is 33.4 Å². The van der Waals surface area contributed by atoms with E-state index in [1.165, 1.54) is 13.0 Å². The largest absolute Gasteiger partial charge is 0.450 e. The van der Waals surface area contributed by atoms with Crippen molar-refractivity contribution in [1.29, 1.82) is 0 Å². The van der Waals surface area contributed by atoms with Gasteiger partial charge in [0.2, 0.25) is 5.96 Å². The summed E-state index contributed by atoms with van der Waals surface area (Å²) in [6.07, 6.45) is 6.03. The maximum atomic E-state index is 11.9. The molecule has 0 saturated carbocycles. The van der Waals surface area contributed by atoms with Crippen molar-refractivity contribution in [1.82, 2.24) is 30.1 Å². The van der Waals surface area contributed by atoms with Gasteiger partial charge >= 0.3 is 6.09 Å². The van der Waals surface area contributed by atoms with E-state index in [1.54, 1.807) is 25.4 Å². The second-order valence-electron chi connectivity index (χ2n) is 9.42. The Balaban J connectivity index is 1.36. The number of nitrogens with zero attached hydrogens (tertiary/aromatic N) is 6. The molecule has 2 aliphatic rings. The van der Waals surface area contributed by atoms with Crippen LogP contribution in [0, 0.1) is 0 Å². The van der Waals surface area contributed by atoms with Crippen molar-refractivity contribution in [2.24, 2.45) is 4.99 Å². The summed E-state index contributed by atoms with van der Waals surface area (Å²) >= 11 is 0. The Morgan fingerprint density at radius 1 is 1.03 bits per heavy atom. The minimum Gasteiger partial charge on any atom is -0.450 e. The van der Waals surface area contributed by atoms with Crippen LogP contribution in [-0.4, -0.2) is 76.1 Å². The van der Waals surface area contributed by atoms with Gasteiger partial charge in [0.15, 0.2) is 5.82 Å². The Bertz CT molecular complexity index is 1270. The number of guanidine groups is 1. The number of anilines is 1. The molecule has 2 N–H and O–H groups in total. The number of ether oxygens (including phenoxy) is 1. The van der Waals surface area contributed by atoms with Crippen LogP contribution in [0.3, 0.4) is 0 Å². The molecule has 0 spiro atoms. The van der Waals surface area contributed by atoms with Crippen molar-refractivity contribution >= 4 is 17.7 Å². The Morgan fingerprint density at radius 3 is 2.53 bits per heavy atom. The van der Waals surface area contributed by atoms with Gasteiger partial charge in [-0.1, -0.05) is 13.0 Å². The van der Waals surface area contributed by atoms with Crippen LogP contribution in [0.1, 0.15) is 31.5 Å². The highest BCUT2D eigenvalue weighted by Gasteiger charge is 2.21. The molecule has 10 heteroatoms. The Morgan fingerprint density at radius 2 is 1.82 bits per heavy atom. The number of carbonyl (C=O) groups is 1. The average Bonchev–Trinajstić information content (AvgIpc) is 2.95. The fourth-order valence-electron chi connectivity index (χ4n) is 4.82. The molecular weight excluding hydrogens is 480 g/mol. The van der Waals surface area contributed by atoms with Crippen LogP contribution in [-0.2, 0) is 17.8 Å². The molecule has 0 radical (unpaired) electrons. The smallest absolute Gasteiger partial charge is 0.413 e. The van der Waals surface area contributed by atoms with E-state index in [0.717, 1.165) is 66.4 Å². The summed E-state index contributed by atoms with van der Waals surface area (Å²) in [6.45, 7) is 11.1. The minimum atomic E-state index is -0.551. The predicted octanol–water partition coefficient (Wildman–Crippen LogP) is 3.76. The second-order valence-corrected chi connectivity index (χ2v) is 9.42. The summed E-state index contributed by atoms with van der Waals surface area (Å²) in [7, 11) is 0. The van der Waals surface area contributed by atoms with Crippen LogP contribution in [0.2, 0.25) is 0 Å². The lowest BCUT2D eigenvalue weighted by atomic mass is 9.97. The lowest BCUT2D eigenvalue weighted by Gasteiger charge is -2.34. The summed E-state index contributed by atoms with van der Waals surface area (Å²) in [5, 5.41) is 5.89. The molecule has 0 bridgehead atoms. The van der Waals surface area contributed by atoms with Crippen LogP contribution in [0.25, 0.3) is 22.5 Å². The van der Waals surface area contributed by atoms with E-state index in [2.05, 4.69) is 66.6 Å². The summed E-state index contributed by atoms with van der Waals surface area (Å²) in [4.78, 5) is 35.2. The van der Waals surface area contributed by atoms with Crippen molar-refractivity contribution in [3.63, 3.8) is 0 Å². The van der Waals surface area contributed by atoms with Crippen LogP contribution >= 0.6 is 0 Å². The number of carbonyl (C=O) groups excluding carboxylic acids is 1. The van der Waals surface area contributed by atoms with Crippen molar-refractivity contribution in [3.05, 3.63) is 60.2 Å². The molecule has 0 aliphatic carbocycles. The van der Waals surface area contributed by atoms with Gasteiger partial charge in [0.25, 0.3) is 0 Å². The zero-order valence-electron chi connectivity index (χ0n) is 22.0. The van der Waals surface area contributed by atoms with Crippen molar-refractivity contribution in [3.8, 4) is 22.5 Å². The zero-order chi connectivity index (χ0) is 26.3. The van der Waals surface area contributed by atoms with E-state index in [1.807, 2.05) is 6.20 Å². The Kier molecular flexibility index (Phi) is 8.20. The quantitative estimate of drug-likeness (QED) is 0.491. The molecule has 2 aromatic heterocycles. The van der Waals surface area contributed by atoms with Crippen LogP contribution in [0.4, 0.5) is 10.5 Å². The zero-order valence-corrected chi connectivity index (χ0v) is 22.0. The molecule has 38 heavy (non-hydrogen) atoms. The van der Waals surface area contributed by atoms with E-state index < -0.39 is 6.09 Å². The van der Waals surface area contributed by atoms with E-state index >= 15 is 0 Å². The number of benzene rings is 1. The van der Waals surface area contributed by atoms with E-state index in [4.69, 9.17) is 9.72 Å². The van der Waals surface area contributed by atoms with Crippen LogP contribution in [0.5, 0.6) is 0 Å². The summed E-state index contributed by atoms with van der Waals surface area (Å²) in [6, 6.07) is 10.2. The maximum Gasteiger partial charge on any atom is 0.413 e. The van der Waals surface area contributed by atoms with Gasteiger partial charge in [0.05, 0.1) is 24.5 Å². The van der Waals surface area contributed by atoms with Crippen molar-refractivity contribution in [2.75, 3.05) is 44.6 Å².